The summed E-state index contributed by atoms with van der Waals surface area (Å²) in [5, 5.41) is 7.37. The standard InChI is InChI=1S/C24H25N7O3/c1-30-20-22(28-24(30)25-8-9-33-2)26-13-31(23(20)32)12-18-27-21(29-34-18)19-16-10-15(11-17(16)19)14-6-4-3-5-7-14/h3-7,10,13,16-17,19H,8-9,11-12H2,1-2H3,(H,25,28)/t16-,17+,19+/m0/s1. The Balaban J connectivity index is 1.18. The number of hydrogen-bond donors (Lipinski definition) is 1. The maximum Gasteiger partial charge on any atom is 0.280 e. The number of nitrogens with one attached hydrogen (secondary N) is 1. The molecule has 1 N–H and O–H groups in total. The van der Waals surface area contributed by atoms with Crippen LogP contribution < -0.4 is 10.9 Å². The normalized spacial score (nSPS) is 21.0. The molecule has 0 saturated heterocycles. The maximum atomic E-state index is 13.1. The number of rotatable bonds is 8. The van der Waals surface area contributed by atoms with Crippen LogP contribution in [0, 0.1) is 11.8 Å². The molecular formula is C24H25N7O3. The first-order chi connectivity index (χ1) is 16.6. The fourth-order valence-corrected chi connectivity index (χ4v) is 4.95. The van der Waals surface area contributed by atoms with Crippen LogP contribution in [0.2, 0.25) is 0 Å². The summed E-state index contributed by atoms with van der Waals surface area (Å²) in [6.07, 6.45) is 4.86. The van der Waals surface area contributed by atoms with E-state index in [9.17, 15) is 4.79 Å². The third-order valence-corrected chi connectivity index (χ3v) is 6.76. The number of allylic oxidation sites excluding steroid dienone is 2. The van der Waals surface area contributed by atoms with Crippen LogP contribution in [0.1, 0.15) is 29.6 Å². The van der Waals surface area contributed by atoms with Gasteiger partial charge in [0.1, 0.15) is 12.9 Å². The van der Waals surface area contributed by atoms with Gasteiger partial charge in [-0.05, 0) is 29.4 Å². The van der Waals surface area contributed by atoms with E-state index in [1.54, 1.807) is 18.7 Å². The van der Waals surface area contributed by atoms with Gasteiger partial charge in [-0.2, -0.15) is 9.97 Å². The lowest BCUT2D eigenvalue weighted by Crippen LogP contribution is -2.23. The quantitative estimate of drug-likeness (QED) is 0.400. The number of ether oxygens (including phenoxy) is 1. The van der Waals surface area contributed by atoms with Gasteiger partial charge in [-0.3, -0.25) is 9.36 Å². The van der Waals surface area contributed by atoms with Crippen molar-refractivity contribution in [3.63, 3.8) is 0 Å². The number of aromatic nitrogens is 6. The number of benzene rings is 1. The Labute approximate surface area is 195 Å². The van der Waals surface area contributed by atoms with Crippen LogP contribution in [0.3, 0.4) is 0 Å². The number of fused-ring (bicyclic) bond motifs is 2. The Bertz CT molecular complexity index is 1440. The molecule has 1 fully saturated rings. The van der Waals surface area contributed by atoms with Crippen molar-refractivity contribution in [3.05, 3.63) is 70.4 Å². The monoisotopic (exact) mass is 459 g/mol. The molecule has 34 heavy (non-hydrogen) atoms. The number of methoxy groups -OCH3 is 1. The van der Waals surface area contributed by atoms with E-state index in [4.69, 9.17) is 9.26 Å². The highest BCUT2D eigenvalue weighted by molar-refractivity contribution is 5.73. The van der Waals surface area contributed by atoms with Crippen molar-refractivity contribution in [3.8, 4) is 0 Å². The summed E-state index contributed by atoms with van der Waals surface area (Å²) in [7, 11) is 3.42. The Morgan fingerprint density at radius 1 is 1.24 bits per heavy atom. The Kier molecular flexibility index (Phi) is 5.02. The van der Waals surface area contributed by atoms with Crippen molar-refractivity contribution >= 4 is 22.7 Å². The number of anilines is 1. The van der Waals surface area contributed by atoms with Gasteiger partial charge in [0.05, 0.1) is 6.61 Å². The van der Waals surface area contributed by atoms with Crippen LogP contribution in [0.15, 0.2) is 52.1 Å². The summed E-state index contributed by atoms with van der Waals surface area (Å²) in [6.45, 7) is 1.28. The SMILES string of the molecule is COCCNc1nc2ncn(Cc3nc([C@@H]4[C@H]5C=C(c6ccccc6)C[C@H]54)no3)c(=O)c2n1C. The van der Waals surface area contributed by atoms with E-state index in [0.29, 0.717) is 53.9 Å². The smallest absolute Gasteiger partial charge is 0.280 e. The van der Waals surface area contributed by atoms with Gasteiger partial charge in [0.25, 0.3) is 5.56 Å². The zero-order chi connectivity index (χ0) is 23.2. The molecule has 2 aliphatic rings. The molecule has 0 unspecified atom stereocenters. The topological polar surface area (TPSA) is 113 Å². The predicted molar refractivity (Wildman–Crippen MR) is 125 cm³/mol. The number of hydrogen-bond acceptors (Lipinski definition) is 8. The van der Waals surface area contributed by atoms with E-state index < -0.39 is 0 Å². The van der Waals surface area contributed by atoms with Crippen LogP contribution in [-0.4, -0.2) is 49.5 Å². The summed E-state index contributed by atoms with van der Waals surface area (Å²) < 4.78 is 13.7. The number of aryl methyl sites for hydroxylation is 1. The van der Waals surface area contributed by atoms with Crippen molar-refractivity contribution in [2.24, 2.45) is 18.9 Å². The second-order valence-corrected chi connectivity index (χ2v) is 8.84. The summed E-state index contributed by atoms with van der Waals surface area (Å²) in [5.41, 5.74) is 3.28. The zero-order valence-corrected chi connectivity index (χ0v) is 19.0. The van der Waals surface area contributed by atoms with Gasteiger partial charge in [-0.25, -0.2) is 4.98 Å². The predicted octanol–water partition coefficient (Wildman–Crippen LogP) is 2.44. The highest BCUT2D eigenvalue weighted by atomic mass is 16.5. The zero-order valence-electron chi connectivity index (χ0n) is 19.0. The fraction of sp³-hybridized carbons (Fsp3) is 0.375. The third kappa shape index (κ3) is 3.50. The summed E-state index contributed by atoms with van der Waals surface area (Å²) in [6, 6.07) is 10.5. The molecule has 3 aromatic heterocycles. The van der Waals surface area contributed by atoms with Crippen LogP contribution in [0.4, 0.5) is 5.95 Å². The van der Waals surface area contributed by atoms with Crippen molar-refractivity contribution in [2.75, 3.05) is 25.6 Å². The molecule has 1 aromatic carbocycles. The van der Waals surface area contributed by atoms with Crippen LogP contribution >= 0.6 is 0 Å². The van der Waals surface area contributed by atoms with Crippen molar-refractivity contribution in [1.82, 2.24) is 29.2 Å². The molecule has 6 rings (SSSR count). The number of nitrogens with zero attached hydrogens (tertiary/aromatic N) is 6. The van der Waals surface area contributed by atoms with Gasteiger partial charge in [0.15, 0.2) is 17.0 Å². The molecule has 10 nitrogen and oxygen atoms in total. The van der Waals surface area contributed by atoms with Crippen molar-refractivity contribution < 1.29 is 9.26 Å². The lowest BCUT2D eigenvalue weighted by Gasteiger charge is -2.05. The molecule has 174 valence electrons. The van der Waals surface area contributed by atoms with Gasteiger partial charge in [-0.15, -0.1) is 0 Å². The minimum absolute atomic E-state index is 0.166. The highest BCUT2D eigenvalue weighted by Crippen LogP contribution is 2.62. The van der Waals surface area contributed by atoms with E-state index in [-0.39, 0.29) is 12.1 Å². The van der Waals surface area contributed by atoms with Crippen LogP contribution in [-0.2, 0) is 18.3 Å². The molecule has 0 spiro atoms. The minimum Gasteiger partial charge on any atom is -0.383 e. The first kappa shape index (κ1) is 20.8. The first-order valence-electron chi connectivity index (χ1n) is 11.4. The van der Waals surface area contributed by atoms with Gasteiger partial charge in [0.2, 0.25) is 11.8 Å². The second kappa shape index (κ2) is 8.21. The average Bonchev–Trinajstić information content (AvgIpc) is 3.23. The van der Waals surface area contributed by atoms with Gasteiger partial charge < -0.3 is 19.1 Å². The second-order valence-electron chi connectivity index (χ2n) is 8.84. The fourth-order valence-electron chi connectivity index (χ4n) is 4.95. The Hall–Kier alpha value is -3.79. The van der Waals surface area contributed by atoms with E-state index >= 15 is 0 Å². The molecule has 3 heterocycles. The minimum atomic E-state index is -0.210. The molecule has 0 radical (unpaired) electrons. The van der Waals surface area contributed by atoms with E-state index in [2.05, 4.69) is 55.8 Å². The van der Waals surface area contributed by atoms with Gasteiger partial charge in [0, 0.05) is 26.6 Å². The molecule has 1 saturated carbocycles. The Morgan fingerprint density at radius 2 is 2.09 bits per heavy atom. The summed E-state index contributed by atoms with van der Waals surface area (Å²) in [5.74, 6) is 2.97. The molecule has 0 amide bonds. The Morgan fingerprint density at radius 3 is 2.85 bits per heavy atom. The molecule has 10 heteroatoms. The lowest BCUT2D eigenvalue weighted by molar-refractivity contribution is 0.210. The molecule has 3 atom stereocenters. The van der Waals surface area contributed by atoms with E-state index in [1.165, 1.54) is 22.0 Å². The van der Waals surface area contributed by atoms with Crippen molar-refractivity contribution in [2.45, 2.75) is 18.9 Å². The molecular weight excluding hydrogens is 434 g/mol. The van der Waals surface area contributed by atoms with Gasteiger partial charge in [-0.1, -0.05) is 41.6 Å². The van der Waals surface area contributed by atoms with Crippen LogP contribution in [0.5, 0.6) is 0 Å². The van der Waals surface area contributed by atoms with E-state index in [0.717, 1.165) is 12.2 Å². The molecule has 2 aliphatic carbocycles. The van der Waals surface area contributed by atoms with Crippen LogP contribution in [0.25, 0.3) is 16.7 Å². The largest absolute Gasteiger partial charge is 0.383 e. The van der Waals surface area contributed by atoms with Crippen molar-refractivity contribution in [1.29, 1.82) is 0 Å². The molecule has 0 bridgehead atoms. The molecule has 0 aliphatic heterocycles. The molecule has 4 aromatic rings. The maximum absolute atomic E-state index is 13.1. The first-order valence-corrected chi connectivity index (χ1v) is 11.4. The summed E-state index contributed by atoms with van der Waals surface area (Å²) in [4.78, 5) is 26.4. The lowest BCUT2D eigenvalue weighted by atomic mass is 10.0. The van der Waals surface area contributed by atoms with E-state index in [1.807, 2.05) is 6.07 Å². The number of imidazole rings is 1. The highest BCUT2D eigenvalue weighted by Gasteiger charge is 2.55. The summed E-state index contributed by atoms with van der Waals surface area (Å²) >= 11 is 0. The third-order valence-electron chi connectivity index (χ3n) is 6.76. The average molecular weight is 460 g/mol. The van der Waals surface area contributed by atoms with Gasteiger partial charge >= 0.3 is 0 Å².